The molecule has 1 saturated carbocycles. The lowest BCUT2D eigenvalue weighted by Gasteiger charge is -2.12. The van der Waals surface area contributed by atoms with Gasteiger partial charge in [-0.05, 0) is 43.0 Å². The average molecular weight is 308 g/mol. The molecular weight excluding hydrogens is 288 g/mol. The van der Waals surface area contributed by atoms with Crippen LogP contribution in [0.1, 0.15) is 42.5 Å². The molecule has 0 spiro atoms. The van der Waals surface area contributed by atoms with Gasteiger partial charge in [0, 0.05) is 11.3 Å². The van der Waals surface area contributed by atoms with Gasteiger partial charge in [-0.1, -0.05) is 31.0 Å². The fourth-order valence-corrected chi connectivity index (χ4v) is 3.13. The Kier molecular flexibility index (Phi) is 4.59. The summed E-state index contributed by atoms with van der Waals surface area (Å²) in [4.78, 5) is 14.6. The number of nitriles is 1. The van der Waals surface area contributed by atoms with Gasteiger partial charge < -0.3 is 9.72 Å². The Hall–Kier alpha value is -2.38. The first kappa shape index (κ1) is 15.5. The van der Waals surface area contributed by atoms with E-state index in [4.69, 9.17) is 4.74 Å². The molecule has 1 heterocycles. The van der Waals surface area contributed by atoms with E-state index in [2.05, 4.69) is 4.98 Å². The molecule has 1 aromatic carbocycles. The van der Waals surface area contributed by atoms with Crippen molar-refractivity contribution in [1.82, 2.24) is 4.98 Å². The minimum atomic E-state index is -0.338. The summed E-state index contributed by atoms with van der Waals surface area (Å²) in [7, 11) is 0. The number of nitrogens with one attached hydrogen (secondary N) is 1. The highest BCUT2D eigenvalue weighted by Crippen LogP contribution is 2.25. The molecule has 0 unspecified atom stereocenters. The zero-order valence-electron chi connectivity index (χ0n) is 13.3. The monoisotopic (exact) mass is 308 g/mol. The van der Waals surface area contributed by atoms with E-state index in [0.717, 1.165) is 29.7 Å². The van der Waals surface area contributed by atoms with E-state index in [-0.39, 0.29) is 11.1 Å². The van der Waals surface area contributed by atoms with Gasteiger partial charge in [0.1, 0.15) is 11.6 Å². The summed E-state index contributed by atoms with van der Waals surface area (Å²) in [5.74, 6) is 0. The quantitative estimate of drug-likeness (QED) is 0.937. The van der Waals surface area contributed by atoms with Crippen LogP contribution in [0, 0.1) is 18.3 Å². The molecule has 4 heteroatoms. The Labute approximate surface area is 135 Å². The third kappa shape index (κ3) is 3.52. The van der Waals surface area contributed by atoms with Gasteiger partial charge >= 0.3 is 0 Å². The van der Waals surface area contributed by atoms with Crippen LogP contribution in [0.4, 0.5) is 0 Å². The van der Waals surface area contributed by atoms with E-state index in [0.29, 0.717) is 18.3 Å². The highest BCUT2D eigenvalue weighted by molar-refractivity contribution is 5.70. The van der Waals surface area contributed by atoms with Gasteiger partial charge in [-0.2, -0.15) is 5.26 Å². The van der Waals surface area contributed by atoms with Gasteiger partial charge in [-0.25, -0.2) is 0 Å². The molecule has 3 rings (SSSR count). The molecule has 0 atom stereocenters. The highest BCUT2D eigenvalue weighted by Gasteiger charge is 2.15. The molecule has 0 aliphatic heterocycles. The van der Waals surface area contributed by atoms with Gasteiger partial charge in [-0.3, -0.25) is 4.79 Å². The molecule has 1 aliphatic carbocycles. The summed E-state index contributed by atoms with van der Waals surface area (Å²) in [6.45, 7) is 2.39. The smallest absolute Gasteiger partial charge is 0.266 e. The second kappa shape index (κ2) is 6.80. The third-order valence-corrected chi connectivity index (χ3v) is 4.31. The summed E-state index contributed by atoms with van der Waals surface area (Å²) < 4.78 is 5.95. The number of nitrogens with zero attached hydrogens (tertiary/aromatic N) is 1. The minimum absolute atomic E-state index is 0.157. The number of hydrogen-bond acceptors (Lipinski definition) is 3. The van der Waals surface area contributed by atoms with Crippen LogP contribution in [-0.4, -0.2) is 11.1 Å². The molecule has 0 bridgehead atoms. The number of benzene rings is 1. The van der Waals surface area contributed by atoms with Crippen LogP contribution in [0.5, 0.6) is 0 Å². The van der Waals surface area contributed by atoms with Crippen LogP contribution in [0.25, 0.3) is 11.1 Å². The molecule has 2 aromatic rings. The average Bonchev–Trinajstić information content (AvgIpc) is 3.06. The maximum Gasteiger partial charge on any atom is 0.266 e. The maximum atomic E-state index is 11.9. The van der Waals surface area contributed by atoms with Gasteiger partial charge in [0.2, 0.25) is 0 Å². The van der Waals surface area contributed by atoms with Crippen LogP contribution >= 0.6 is 0 Å². The molecular formula is C19H20N2O2. The second-order valence-corrected chi connectivity index (χ2v) is 6.10. The molecule has 1 aliphatic rings. The van der Waals surface area contributed by atoms with E-state index in [9.17, 15) is 10.1 Å². The normalized spacial score (nSPS) is 14.8. The van der Waals surface area contributed by atoms with Crippen molar-refractivity contribution in [3.05, 3.63) is 57.5 Å². The Bertz CT molecular complexity index is 796. The van der Waals surface area contributed by atoms with Gasteiger partial charge in [0.15, 0.2) is 0 Å². The van der Waals surface area contributed by atoms with Crippen molar-refractivity contribution >= 4 is 0 Å². The maximum absolute atomic E-state index is 11.9. The van der Waals surface area contributed by atoms with E-state index in [1.165, 1.54) is 12.8 Å². The van der Waals surface area contributed by atoms with Crippen molar-refractivity contribution in [3.8, 4) is 17.2 Å². The summed E-state index contributed by atoms with van der Waals surface area (Å²) in [5.41, 5.74) is 3.19. The largest absolute Gasteiger partial charge is 0.374 e. The number of rotatable bonds is 4. The molecule has 4 nitrogen and oxygen atoms in total. The molecule has 1 fully saturated rings. The highest BCUT2D eigenvalue weighted by atomic mass is 16.5. The molecule has 1 N–H and O–H groups in total. The van der Waals surface area contributed by atoms with Gasteiger partial charge in [-0.15, -0.1) is 0 Å². The van der Waals surface area contributed by atoms with Crippen molar-refractivity contribution in [2.24, 2.45) is 0 Å². The number of pyridine rings is 1. The van der Waals surface area contributed by atoms with Gasteiger partial charge in [0.05, 0.1) is 12.7 Å². The Morgan fingerprint density at radius 2 is 2.09 bits per heavy atom. The lowest BCUT2D eigenvalue weighted by atomic mass is 9.99. The number of ether oxygens (including phenoxy) is 1. The predicted octanol–water partition coefficient (Wildman–Crippen LogP) is 3.68. The standard InChI is InChI=1S/C19H20N2O2/c1-13-9-17(18(11-20)19(22)21-13)15-6-4-5-14(10-15)12-23-16-7-2-3-8-16/h4-6,9-10,16H,2-3,7-8,12H2,1H3,(H,21,22). The first-order chi connectivity index (χ1) is 11.2. The van der Waals surface area contributed by atoms with Crippen molar-refractivity contribution in [1.29, 1.82) is 5.26 Å². The lowest BCUT2D eigenvalue weighted by molar-refractivity contribution is 0.0457. The van der Waals surface area contributed by atoms with Crippen molar-refractivity contribution in [2.75, 3.05) is 0 Å². The summed E-state index contributed by atoms with van der Waals surface area (Å²) in [5, 5.41) is 9.27. The number of aryl methyl sites for hydroxylation is 1. The molecule has 0 radical (unpaired) electrons. The first-order valence-corrected chi connectivity index (χ1v) is 8.02. The first-order valence-electron chi connectivity index (χ1n) is 8.02. The van der Waals surface area contributed by atoms with Crippen LogP contribution in [-0.2, 0) is 11.3 Å². The second-order valence-electron chi connectivity index (χ2n) is 6.10. The molecule has 23 heavy (non-hydrogen) atoms. The zero-order chi connectivity index (χ0) is 16.2. The lowest BCUT2D eigenvalue weighted by Crippen LogP contribution is -2.12. The SMILES string of the molecule is Cc1cc(-c2cccc(COC3CCCC3)c2)c(C#N)c(=O)[nH]1. The van der Waals surface area contributed by atoms with Crippen LogP contribution in [0.2, 0.25) is 0 Å². The Balaban J connectivity index is 1.88. The molecule has 0 amide bonds. The Morgan fingerprint density at radius 3 is 2.83 bits per heavy atom. The number of aromatic amines is 1. The van der Waals surface area contributed by atoms with Gasteiger partial charge in [0.25, 0.3) is 5.56 Å². The number of hydrogen-bond donors (Lipinski definition) is 1. The summed E-state index contributed by atoms with van der Waals surface area (Å²) >= 11 is 0. The number of aromatic nitrogens is 1. The number of H-pyrrole nitrogens is 1. The van der Waals surface area contributed by atoms with Crippen molar-refractivity contribution < 1.29 is 4.74 Å². The fourth-order valence-electron chi connectivity index (χ4n) is 3.13. The van der Waals surface area contributed by atoms with E-state index in [1.54, 1.807) is 0 Å². The Morgan fingerprint density at radius 1 is 1.30 bits per heavy atom. The third-order valence-electron chi connectivity index (χ3n) is 4.31. The van der Waals surface area contributed by atoms with E-state index < -0.39 is 0 Å². The van der Waals surface area contributed by atoms with Crippen LogP contribution in [0.3, 0.4) is 0 Å². The molecule has 0 saturated heterocycles. The minimum Gasteiger partial charge on any atom is -0.374 e. The van der Waals surface area contributed by atoms with Crippen molar-refractivity contribution in [2.45, 2.75) is 45.3 Å². The fraction of sp³-hybridized carbons (Fsp3) is 0.368. The van der Waals surface area contributed by atoms with Crippen LogP contribution < -0.4 is 5.56 Å². The zero-order valence-corrected chi connectivity index (χ0v) is 13.3. The van der Waals surface area contributed by atoms with Crippen LogP contribution in [0.15, 0.2) is 35.1 Å². The molecule has 1 aromatic heterocycles. The van der Waals surface area contributed by atoms with E-state index in [1.807, 2.05) is 43.3 Å². The summed E-state index contributed by atoms with van der Waals surface area (Å²) in [6, 6.07) is 11.7. The molecule has 118 valence electrons. The summed E-state index contributed by atoms with van der Waals surface area (Å²) in [6.07, 6.45) is 5.16. The van der Waals surface area contributed by atoms with Crippen molar-refractivity contribution in [3.63, 3.8) is 0 Å². The van der Waals surface area contributed by atoms with E-state index >= 15 is 0 Å². The topological polar surface area (TPSA) is 65.9 Å². The predicted molar refractivity (Wildman–Crippen MR) is 89.0 cm³/mol.